The molecule has 1 fully saturated rings. The van der Waals surface area contributed by atoms with Gasteiger partial charge in [-0.15, -0.1) is 0 Å². The van der Waals surface area contributed by atoms with Gasteiger partial charge in [0, 0.05) is 12.7 Å². The van der Waals surface area contributed by atoms with Crippen LogP contribution in [0.2, 0.25) is 0 Å². The fourth-order valence-corrected chi connectivity index (χ4v) is 3.66. The molecule has 1 aromatic rings. The van der Waals surface area contributed by atoms with Crippen molar-refractivity contribution in [3.63, 3.8) is 0 Å². The van der Waals surface area contributed by atoms with Crippen molar-refractivity contribution >= 4 is 5.97 Å². The van der Waals surface area contributed by atoms with Gasteiger partial charge in [0.25, 0.3) is 0 Å². The van der Waals surface area contributed by atoms with Gasteiger partial charge in [-0.2, -0.15) is 0 Å². The van der Waals surface area contributed by atoms with Crippen LogP contribution in [-0.4, -0.2) is 48.7 Å². The quantitative estimate of drug-likeness (QED) is 0.434. The normalized spacial score (nSPS) is 23.0. The second kappa shape index (κ2) is 12.2. The third kappa shape index (κ3) is 10.3. The third-order valence-corrected chi connectivity index (χ3v) is 5.01. The van der Waals surface area contributed by atoms with Gasteiger partial charge in [0.05, 0.1) is 32.0 Å². The van der Waals surface area contributed by atoms with E-state index in [1.165, 1.54) is 6.08 Å². The first-order valence-electron chi connectivity index (χ1n) is 11.1. The summed E-state index contributed by atoms with van der Waals surface area (Å²) in [4.78, 5) is 11.8. The second-order valence-electron chi connectivity index (χ2n) is 9.38. The van der Waals surface area contributed by atoms with Gasteiger partial charge in [-0.25, -0.2) is 4.79 Å². The average molecular weight is 435 g/mol. The highest BCUT2D eigenvalue weighted by Gasteiger charge is 2.28. The maximum absolute atomic E-state index is 11.8. The highest BCUT2D eigenvalue weighted by molar-refractivity contribution is 5.82. The van der Waals surface area contributed by atoms with E-state index in [4.69, 9.17) is 18.9 Å². The Bertz CT molecular complexity index is 691. The van der Waals surface area contributed by atoms with Crippen molar-refractivity contribution in [1.82, 2.24) is 0 Å². The highest BCUT2D eigenvalue weighted by atomic mass is 16.6. The van der Waals surface area contributed by atoms with Crippen LogP contribution in [0.5, 0.6) is 5.75 Å². The lowest BCUT2D eigenvalue weighted by Crippen LogP contribution is -2.36. The van der Waals surface area contributed by atoms with Crippen LogP contribution in [0.1, 0.15) is 58.9 Å². The molecule has 174 valence electrons. The Kier molecular flexibility index (Phi) is 10.0. The van der Waals surface area contributed by atoms with Gasteiger partial charge in [-0.05, 0) is 70.1 Å². The summed E-state index contributed by atoms with van der Waals surface area (Å²) in [6.07, 6.45) is 5.35. The first-order valence-corrected chi connectivity index (χ1v) is 11.1. The van der Waals surface area contributed by atoms with Crippen LogP contribution in [0.3, 0.4) is 0 Å². The molecule has 6 heteroatoms. The largest absolute Gasteiger partial charge is 0.497 e. The molecule has 0 saturated carbocycles. The van der Waals surface area contributed by atoms with Crippen LogP contribution in [0.15, 0.2) is 36.4 Å². The molecule has 4 atom stereocenters. The van der Waals surface area contributed by atoms with Crippen LogP contribution in [0.4, 0.5) is 0 Å². The van der Waals surface area contributed by atoms with E-state index in [1.807, 2.05) is 45.0 Å². The van der Waals surface area contributed by atoms with Crippen molar-refractivity contribution in [1.29, 1.82) is 0 Å². The van der Waals surface area contributed by atoms with Gasteiger partial charge >= 0.3 is 5.97 Å². The fraction of sp³-hybridized carbons (Fsp3) is 0.640. The molecule has 1 saturated heterocycles. The summed E-state index contributed by atoms with van der Waals surface area (Å²) in [6, 6.07) is 7.85. The van der Waals surface area contributed by atoms with E-state index in [-0.39, 0.29) is 24.3 Å². The summed E-state index contributed by atoms with van der Waals surface area (Å²) >= 11 is 0. The van der Waals surface area contributed by atoms with E-state index in [1.54, 1.807) is 13.2 Å². The minimum Gasteiger partial charge on any atom is -0.497 e. The average Bonchev–Trinajstić information content (AvgIpc) is 2.66. The zero-order valence-electron chi connectivity index (χ0n) is 19.5. The number of carbonyl (C=O) groups is 1. The molecule has 0 amide bonds. The molecule has 0 spiro atoms. The summed E-state index contributed by atoms with van der Waals surface area (Å²) in [5.41, 5.74) is 0.601. The van der Waals surface area contributed by atoms with Crippen LogP contribution in [0.25, 0.3) is 0 Å². The summed E-state index contributed by atoms with van der Waals surface area (Å²) in [5.74, 6) is 0.787. The fourth-order valence-electron chi connectivity index (χ4n) is 3.66. The number of aliphatic hydroxyl groups is 1. The van der Waals surface area contributed by atoms with E-state index >= 15 is 0 Å². The zero-order chi connectivity index (χ0) is 22.9. The highest BCUT2D eigenvalue weighted by Crippen LogP contribution is 2.26. The molecule has 0 aliphatic carbocycles. The number of rotatable bonds is 10. The standard InChI is InChI=1S/C25H38O6/c1-18(16-29-17-19-9-11-21(28-5)12-10-19)13-23-15-20(26)14-22(30-23)7-6-8-24(27)31-25(2,3)4/h6,8-12,18,20,22-23,26H,7,13-17H2,1-5H3/b8-6+/t18-,20-,22+,23-/m1/s1. The predicted molar refractivity (Wildman–Crippen MR) is 120 cm³/mol. The van der Waals surface area contributed by atoms with Crippen molar-refractivity contribution in [3.8, 4) is 5.75 Å². The van der Waals surface area contributed by atoms with E-state index in [9.17, 15) is 9.90 Å². The minimum atomic E-state index is -0.504. The number of hydrogen-bond donors (Lipinski definition) is 1. The molecule has 0 radical (unpaired) electrons. The minimum absolute atomic E-state index is 0.0109. The molecule has 1 aliphatic heterocycles. The Hall–Kier alpha value is -1.89. The Labute approximate surface area is 186 Å². The number of benzene rings is 1. The molecule has 0 unspecified atom stereocenters. The van der Waals surface area contributed by atoms with Crippen molar-refractivity contribution in [3.05, 3.63) is 42.0 Å². The molecule has 1 heterocycles. The molecule has 0 aromatic heterocycles. The molecule has 1 aromatic carbocycles. The lowest BCUT2D eigenvalue weighted by Gasteiger charge is -2.34. The Morgan fingerprint density at radius 2 is 1.90 bits per heavy atom. The van der Waals surface area contributed by atoms with Crippen molar-refractivity contribution in [2.45, 2.75) is 83.9 Å². The SMILES string of the molecule is COc1ccc(COC[C@H](C)C[C@@H]2C[C@H](O)C[C@H](C/C=C/C(=O)OC(C)(C)C)O2)cc1. The number of carbonyl (C=O) groups excluding carboxylic acids is 1. The number of esters is 1. The third-order valence-electron chi connectivity index (χ3n) is 5.01. The van der Waals surface area contributed by atoms with E-state index in [0.29, 0.717) is 38.4 Å². The van der Waals surface area contributed by atoms with Gasteiger partial charge in [-0.3, -0.25) is 0 Å². The van der Waals surface area contributed by atoms with Crippen molar-refractivity contribution < 1.29 is 28.8 Å². The number of methoxy groups -OCH3 is 1. The Morgan fingerprint density at radius 1 is 1.23 bits per heavy atom. The first kappa shape index (κ1) is 25.4. The van der Waals surface area contributed by atoms with Crippen LogP contribution < -0.4 is 4.74 Å². The van der Waals surface area contributed by atoms with E-state index in [2.05, 4.69) is 6.92 Å². The smallest absolute Gasteiger partial charge is 0.330 e. The van der Waals surface area contributed by atoms with E-state index < -0.39 is 5.60 Å². The van der Waals surface area contributed by atoms with E-state index in [0.717, 1.165) is 17.7 Å². The van der Waals surface area contributed by atoms with Gasteiger partial charge in [0.15, 0.2) is 0 Å². The molecular formula is C25H38O6. The molecule has 6 nitrogen and oxygen atoms in total. The van der Waals surface area contributed by atoms with Crippen molar-refractivity contribution in [2.75, 3.05) is 13.7 Å². The Morgan fingerprint density at radius 3 is 2.55 bits per heavy atom. The lowest BCUT2D eigenvalue weighted by molar-refractivity contribution is -0.148. The zero-order valence-corrected chi connectivity index (χ0v) is 19.5. The molecular weight excluding hydrogens is 396 g/mol. The van der Waals surface area contributed by atoms with Crippen LogP contribution in [0, 0.1) is 5.92 Å². The maximum atomic E-state index is 11.8. The topological polar surface area (TPSA) is 74.2 Å². The number of aliphatic hydroxyl groups excluding tert-OH is 1. The summed E-state index contributed by atoms with van der Waals surface area (Å²) < 4.78 is 22.5. The van der Waals surface area contributed by atoms with Crippen LogP contribution >= 0.6 is 0 Å². The second-order valence-corrected chi connectivity index (χ2v) is 9.38. The maximum Gasteiger partial charge on any atom is 0.330 e. The van der Waals surface area contributed by atoms with Gasteiger partial charge in [-0.1, -0.05) is 25.1 Å². The lowest BCUT2D eigenvalue weighted by atomic mass is 9.93. The number of hydrogen-bond acceptors (Lipinski definition) is 6. The summed E-state index contributed by atoms with van der Waals surface area (Å²) in [5, 5.41) is 10.3. The Balaban J connectivity index is 1.72. The van der Waals surface area contributed by atoms with Gasteiger partial charge in [0.2, 0.25) is 0 Å². The molecule has 2 rings (SSSR count). The summed E-state index contributed by atoms with van der Waals surface area (Å²) in [6.45, 7) is 8.84. The summed E-state index contributed by atoms with van der Waals surface area (Å²) in [7, 11) is 1.65. The van der Waals surface area contributed by atoms with Crippen LogP contribution in [-0.2, 0) is 25.6 Å². The molecule has 0 bridgehead atoms. The van der Waals surface area contributed by atoms with Gasteiger partial charge in [0.1, 0.15) is 11.4 Å². The number of ether oxygens (including phenoxy) is 4. The van der Waals surface area contributed by atoms with Crippen molar-refractivity contribution in [2.24, 2.45) is 5.92 Å². The molecule has 1 aliphatic rings. The molecule has 1 N–H and O–H groups in total. The predicted octanol–water partition coefficient (Wildman–Crippen LogP) is 4.43. The first-order chi connectivity index (χ1) is 14.6. The molecule has 31 heavy (non-hydrogen) atoms. The van der Waals surface area contributed by atoms with Gasteiger partial charge < -0.3 is 24.1 Å². The monoisotopic (exact) mass is 434 g/mol.